The van der Waals surface area contributed by atoms with E-state index in [4.69, 9.17) is 4.74 Å². The van der Waals surface area contributed by atoms with Crippen molar-refractivity contribution >= 4 is 52.2 Å². The number of rotatable bonds is 6. The molecule has 40 heavy (non-hydrogen) atoms. The van der Waals surface area contributed by atoms with E-state index in [9.17, 15) is 19.2 Å². The van der Waals surface area contributed by atoms with Crippen molar-refractivity contribution in [2.75, 3.05) is 17.3 Å². The average molecular weight is 573 g/mol. The number of benzene rings is 2. The molecule has 0 aliphatic carbocycles. The summed E-state index contributed by atoms with van der Waals surface area (Å²) in [6, 6.07) is 17.7. The molecule has 3 amide bonds. The molecule has 3 atom stereocenters. The van der Waals surface area contributed by atoms with Crippen molar-refractivity contribution in [3.8, 4) is 5.75 Å². The van der Waals surface area contributed by atoms with E-state index in [-0.39, 0.29) is 29.1 Å². The van der Waals surface area contributed by atoms with Crippen molar-refractivity contribution in [2.45, 2.75) is 29.7 Å². The number of anilines is 2. The second kappa shape index (κ2) is 10.4. The number of hydrogen-bond acceptors (Lipinski definition) is 8. The number of imide groups is 1. The van der Waals surface area contributed by atoms with E-state index in [0.29, 0.717) is 27.0 Å². The van der Waals surface area contributed by atoms with Crippen LogP contribution in [0.4, 0.5) is 11.4 Å². The van der Waals surface area contributed by atoms with E-state index in [2.05, 4.69) is 10.3 Å². The standard InChI is InChI=1S/C29H24N4O5S2/c1-16-5-7-18(8-6-16)31-21(34)15-32-28-25(40-29(32)37)22(17-4-3-13-30-14-17)23-24(39-28)27(36)33(26(23)35)19-9-11-20(38-2)12-10-19/h3-14,22-24H,15H2,1-2H3,(H,31,34)/t22-,23-,24+/m0/s1. The number of nitrogens with zero attached hydrogens (tertiary/aromatic N) is 3. The number of ether oxygens (including phenoxy) is 1. The summed E-state index contributed by atoms with van der Waals surface area (Å²) in [5.74, 6) is -1.74. The zero-order valence-electron chi connectivity index (χ0n) is 21.6. The lowest BCUT2D eigenvalue weighted by molar-refractivity contribution is -0.122. The fraction of sp³-hybridized carbons (Fsp3) is 0.207. The van der Waals surface area contributed by atoms with Crippen LogP contribution in [0.25, 0.3) is 0 Å². The Balaban J connectivity index is 1.38. The molecule has 0 bridgehead atoms. The number of fused-ring (bicyclic) bond motifs is 2. The maximum atomic E-state index is 13.9. The van der Waals surface area contributed by atoms with Crippen LogP contribution in [0, 0.1) is 12.8 Å². The molecule has 0 radical (unpaired) electrons. The first-order chi connectivity index (χ1) is 19.4. The van der Waals surface area contributed by atoms with Crippen molar-refractivity contribution in [3.05, 3.63) is 98.7 Å². The number of aromatic nitrogens is 2. The number of aryl methyl sites for hydroxylation is 1. The van der Waals surface area contributed by atoms with E-state index in [0.717, 1.165) is 22.5 Å². The van der Waals surface area contributed by atoms with Gasteiger partial charge in [0.05, 0.1) is 23.7 Å². The van der Waals surface area contributed by atoms with Crippen molar-refractivity contribution in [2.24, 2.45) is 5.92 Å². The van der Waals surface area contributed by atoms with E-state index in [1.54, 1.807) is 62.0 Å². The van der Waals surface area contributed by atoms with Crippen LogP contribution in [0.3, 0.4) is 0 Å². The highest BCUT2D eigenvalue weighted by molar-refractivity contribution is 8.00. The van der Waals surface area contributed by atoms with E-state index in [1.807, 2.05) is 25.1 Å². The highest BCUT2D eigenvalue weighted by Gasteiger charge is 2.56. The minimum atomic E-state index is -0.771. The molecule has 4 heterocycles. The van der Waals surface area contributed by atoms with Gasteiger partial charge in [-0.3, -0.25) is 28.7 Å². The number of thiazole rings is 1. The van der Waals surface area contributed by atoms with Gasteiger partial charge in [0.25, 0.3) is 0 Å². The largest absolute Gasteiger partial charge is 0.497 e. The number of hydrogen-bond donors (Lipinski definition) is 1. The van der Waals surface area contributed by atoms with Gasteiger partial charge in [0.2, 0.25) is 17.7 Å². The zero-order valence-corrected chi connectivity index (χ0v) is 23.2. The van der Waals surface area contributed by atoms with Crippen LogP contribution < -0.4 is 19.8 Å². The van der Waals surface area contributed by atoms with E-state index >= 15 is 0 Å². The molecule has 1 fully saturated rings. The lowest BCUT2D eigenvalue weighted by Gasteiger charge is -2.30. The van der Waals surface area contributed by atoms with Crippen molar-refractivity contribution in [1.82, 2.24) is 9.55 Å². The normalized spacial score (nSPS) is 19.8. The predicted molar refractivity (Wildman–Crippen MR) is 153 cm³/mol. The topological polar surface area (TPSA) is 111 Å². The summed E-state index contributed by atoms with van der Waals surface area (Å²) in [4.78, 5) is 59.6. The first-order valence-electron chi connectivity index (χ1n) is 12.5. The highest BCUT2D eigenvalue weighted by Crippen LogP contribution is 2.53. The third-order valence-electron chi connectivity index (χ3n) is 7.06. The number of carbonyl (C=O) groups excluding carboxylic acids is 3. The average Bonchev–Trinajstić information content (AvgIpc) is 3.41. The Morgan fingerprint density at radius 1 is 1.02 bits per heavy atom. The summed E-state index contributed by atoms with van der Waals surface area (Å²) in [5, 5.41) is 2.59. The third-order valence-corrected chi connectivity index (χ3v) is 9.66. The van der Waals surface area contributed by atoms with Gasteiger partial charge in [-0.25, -0.2) is 4.90 Å². The molecule has 11 heteroatoms. The summed E-state index contributed by atoms with van der Waals surface area (Å²) in [7, 11) is 1.55. The van der Waals surface area contributed by atoms with Crippen molar-refractivity contribution < 1.29 is 19.1 Å². The number of amides is 3. The number of nitrogens with one attached hydrogen (secondary N) is 1. The quantitative estimate of drug-likeness (QED) is 0.347. The maximum absolute atomic E-state index is 13.9. The summed E-state index contributed by atoms with van der Waals surface area (Å²) in [5.41, 5.74) is 2.87. The Hall–Kier alpha value is -4.22. The predicted octanol–water partition coefficient (Wildman–Crippen LogP) is 4.06. The summed E-state index contributed by atoms with van der Waals surface area (Å²) in [6.45, 7) is 1.74. The van der Waals surface area contributed by atoms with E-state index in [1.165, 1.54) is 21.2 Å². The smallest absolute Gasteiger partial charge is 0.308 e. The molecule has 2 aliphatic rings. The molecule has 2 aliphatic heterocycles. The summed E-state index contributed by atoms with van der Waals surface area (Å²) in [6.07, 6.45) is 3.29. The Morgan fingerprint density at radius 3 is 2.45 bits per heavy atom. The number of thioether (sulfide) groups is 1. The van der Waals surface area contributed by atoms with Gasteiger partial charge in [-0.2, -0.15) is 0 Å². The Morgan fingerprint density at radius 2 is 1.77 bits per heavy atom. The lowest BCUT2D eigenvalue weighted by Crippen LogP contribution is -2.33. The third kappa shape index (κ3) is 4.50. The summed E-state index contributed by atoms with van der Waals surface area (Å²) >= 11 is 2.18. The van der Waals surface area contributed by atoms with Crippen LogP contribution in [-0.4, -0.2) is 39.6 Å². The van der Waals surface area contributed by atoms with Gasteiger partial charge < -0.3 is 10.1 Å². The van der Waals surface area contributed by atoms with Gasteiger partial charge in [-0.05, 0) is 55.0 Å². The second-order valence-electron chi connectivity index (χ2n) is 9.58. The number of pyridine rings is 1. The SMILES string of the molecule is COc1ccc(N2C(=O)[C@H]3[C@H](c4cccnc4)c4sc(=O)n(CC(=O)Nc5ccc(C)cc5)c4S[C@H]3C2=O)cc1. The molecule has 202 valence electrons. The molecule has 0 unspecified atom stereocenters. The van der Waals surface area contributed by atoms with Crippen LogP contribution >= 0.6 is 23.1 Å². The first kappa shape index (κ1) is 26.0. The maximum Gasteiger partial charge on any atom is 0.308 e. The fourth-order valence-corrected chi connectivity index (χ4v) is 7.91. The molecule has 2 aromatic heterocycles. The fourth-order valence-electron chi connectivity index (χ4n) is 5.14. The molecule has 1 N–H and O–H groups in total. The van der Waals surface area contributed by atoms with Crippen LogP contribution in [0.5, 0.6) is 5.75 Å². The second-order valence-corrected chi connectivity index (χ2v) is 11.7. The zero-order chi connectivity index (χ0) is 28.0. The van der Waals surface area contributed by atoms with Crippen LogP contribution in [0.2, 0.25) is 0 Å². The van der Waals surface area contributed by atoms with Crippen LogP contribution in [-0.2, 0) is 20.9 Å². The molecular formula is C29H24N4O5S2. The highest BCUT2D eigenvalue weighted by atomic mass is 32.2. The van der Waals surface area contributed by atoms with Crippen LogP contribution in [0.1, 0.15) is 21.9 Å². The Bertz CT molecular complexity index is 1670. The lowest BCUT2D eigenvalue weighted by atomic mass is 9.84. The van der Waals surface area contributed by atoms with E-state index < -0.39 is 17.1 Å². The van der Waals surface area contributed by atoms with Crippen LogP contribution in [0.15, 0.2) is 82.9 Å². The van der Waals surface area contributed by atoms with Gasteiger partial charge in [-0.15, -0.1) is 0 Å². The summed E-state index contributed by atoms with van der Waals surface area (Å²) < 4.78 is 6.63. The molecule has 2 aromatic carbocycles. The van der Waals surface area contributed by atoms with Gasteiger partial charge in [-0.1, -0.05) is 46.9 Å². The number of carbonyl (C=O) groups is 3. The molecule has 1 saturated heterocycles. The monoisotopic (exact) mass is 572 g/mol. The first-order valence-corrected chi connectivity index (χ1v) is 14.2. The minimum Gasteiger partial charge on any atom is -0.497 e. The Labute approximate surface area is 237 Å². The van der Waals surface area contributed by atoms with Crippen molar-refractivity contribution in [3.63, 3.8) is 0 Å². The Kier molecular flexibility index (Phi) is 6.77. The number of methoxy groups -OCH3 is 1. The van der Waals surface area contributed by atoms with Gasteiger partial charge in [0.1, 0.15) is 17.5 Å². The van der Waals surface area contributed by atoms with Gasteiger partial charge >= 0.3 is 4.87 Å². The molecule has 0 saturated carbocycles. The van der Waals surface area contributed by atoms with Crippen molar-refractivity contribution in [1.29, 1.82) is 0 Å². The molecule has 4 aromatic rings. The molecular weight excluding hydrogens is 548 g/mol. The minimum absolute atomic E-state index is 0.215. The van der Waals surface area contributed by atoms with Gasteiger partial charge in [0.15, 0.2) is 0 Å². The van der Waals surface area contributed by atoms with Gasteiger partial charge in [0, 0.05) is 28.9 Å². The molecule has 0 spiro atoms. The molecule has 9 nitrogen and oxygen atoms in total. The molecule has 6 rings (SSSR count).